The normalized spacial score (nSPS) is 12.9. The van der Waals surface area contributed by atoms with Gasteiger partial charge in [-0.25, -0.2) is 9.59 Å². The molecular weight excluding hydrogens is 366 g/mol. The van der Waals surface area contributed by atoms with Crippen molar-refractivity contribution in [2.24, 2.45) is 0 Å². The number of halogens is 4. The first-order chi connectivity index (χ1) is 9.73. The molecule has 0 aliphatic heterocycles. The summed E-state index contributed by atoms with van der Waals surface area (Å²) in [4.78, 5) is 23.1. The molecule has 0 heterocycles. The Labute approximate surface area is 142 Å². The van der Waals surface area contributed by atoms with E-state index in [9.17, 15) is 9.59 Å². The summed E-state index contributed by atoms with van der Waals surface area (Å²) in [5.41, 5.74) is 0. The Morgan fingerprint density at radius 1 is 0.857 bits per heavy atom. The lowest BCUT2D eigenvalue weighted by Gasteiger charge is -2.16. The van der Waals surface area contributed by atoms with Crippen LogP contribution < -0.4 is 0 Å². The van der Waals surface area contributed by atoms with Crippen LogP contribution in [-0.4, -0.2) is 37.4 Å². The Morgan fingerprint density at radius 3 is 1.48 bits per heavy atom. The molecule has 0 rings (SSSR count). The summed E-state index contributed by atoms with van der Waals surface area (Å²) in [6.45, 7) is 2.70. The molecule has 2 atom stereocenters. The van der Waals surface area contributed by atoms with Gasteiger partial charge in [-0.05, 0) is 26.0 Å². The molecule has 0 saturated carbocycles. The highest BCUT2D eigenvalue weighted by atomic mass is 35.5. The minimum atomic E-state index is -0.956. The minimum absolute atomic E-state index is 0.0145. The van der Waals surface area contributed by atoms with Crippen molar-refractivity contribution in [2.75, 3.05) is 13.2 Å². The molecule has 0 amide bonds. The van der Waals surface area contributed by atoms with Gasteiger partial charge in [0.05, 0.1) is 0 Å². The van der Waals surface area contributed by atoms with Crippen molar-refractivity contribution in [3.8, 4) is 0 Å². The predicted octanol–water partition coefficient (Wildman–Crippen LogP) is 3.50. The number of rotatable bonds is 8. The van der Waals surface area contributed by atoms with Crippen LogP contribution in [0.4, 0.5) is 0 Å². The van der Waals surface area contributed by atoms with Crippen LogP contribution in [0.15, 0.2) is 21.1 Å². The molecule has 0 aromatic heterocycles. The van der Waals surface area contributed by atoms with E-state index in [0.717, 1.165) is 0 Å². The standard InChI is InChI=1S/C12H14Cl4O5/c1-7(11(17)19-5-3-9(13)14)21-8(2)12(18)20-6-4-10(15)16/h3-4,7-8H,5-6H2,1-2H3. The Bertz CT molecular complexity index is 376. The van der Waals surface area contributed by atoms with E-state index in [0.29, 0.717) is 0 Å². The molecule has 0 aromatic rings. The zero-order valence-corrected chi connectivity index (χ0v) is 14.3. The molecule has 9 heteroatoms. The quantitative estimate of drug-likeness (QED) is 0.604. The van der Waals surface area contributed by atoms with Crippen molar-refractivity contribution in [3.05, 3.63) is 21.1 Å². The van der Waals surface area contributed by atoms with E-state index >= 15 is 0 Å². The van der Waals surface area contributed by atoms with Gasteiger partial charge in [0.15, 0.2) is 12.2 Å². The monoisotopic (exact) mass is 378 g/mol. The van der Waals surface area contributed by atoms with E-state index in [2.05, 4.69) is 0 Å². The molecule has 0 spiro atoms. The van der Waals surface area contributed by atoms with Gasteiger partial charge >= 0.3 is 11.9 Å². The summed E-state index contributed by atoms with van der Waals surface area (Å²) < 4.78 is 14.7. The molecule has 0 saturated heterocycles. The van der Waals surface area contributed by atoms with Crippen molar-refractivity contribution < 1.29 is 23.8 Å². The molecule has 0 aliphatic rings. The predicted molar refractivity (Wildman–Crippen MR) is 81.5 cm³/mol. The number of hydrogen-bond donors (Lipinski definition) is 0. The van der Waals surface area contributed by atoms with Crippen LogP contribution in [0, 0.1) is 0 Å². The SMILES string of the molecule is CC(OC(C)C(=O)OCC=C(Cl)Cl)C(=O)OCC=C(Cl)Cl. The Morgan fingerprint density at radius 2 is 1.19 bits per heavy atom. The average Bonchev–Trinajstić information content (AvgIpc) is 2.37. The second kappa shape index (κ2) is 11.2. The fourth-order valence-corrected chi connectivity index (χ4v) is 1.28. The maximum atomic E-state index is 11.5. The third kappa shape index (κ3) is 10.8. The van der Waals surface area contributed by atoms with Crippen molar-refractivity contribution in [3.63, 3.8) is 0 Å². The van der Waals surface area contributed by atoms with E-state index in [-0.39, 0.29) is 22.2 Å². The van der Waals surface area contributed by atoms with Gasteiger partial charge in [0.25, 0.3) is 0 Å². The maximum Gasteiger partial charge on any atom is 0.335 e. The third-order valence-electron chi connectivity index (χ3n) is 2.00. The maximum absolute atomic E-state index is 11.5. The van der Waals surface area contributed by atoms with Crippen molar-refractivity contribution >= 4 is 58.3 Å². The zero-order chi connectivity index (χ0) is 16.4. The van der Waals surface area contributed by atoms with Crippen LogP contribution in [0.5, 0.6) is 0 Å². The van der Waals surface area contributed by atoms with Gasteiger partial charge in [-0.3, -0.25) is 0 Å². The summed E-state index contributed by atoms with van der Waals surface area (Å²) in [6.07, 6.45) is 0.686. The summed E-state index contributed by atoms with van der Waals surface area (Å²) in [5.74, 6) is -1.33. The molecule has 0 N–H and O–H groups in total. The van der Waals surface area contributed by atoms with Crippen molar-refractivity contribution in [2.45, 2.75) is 26.1 Å². The molecule has 5 nitrogen and oxygen atoms in total. The van der Waals surface area contributed by atoms with Gasteiger partial charge in [0.1, 0.15) is 22.2 Å². The molecule has 21 heavy (non-hydrogen) atoms. The molecule has 2 unspecified atom stereocenters. The smallest absolute Gasteiger partial charge is 0.335 e. The second-order valence-electron chi connectivity index (χ2n) is 3.67. The van der Waals surface area contributed by atoms with Crippen LogP contribution in [0.1, 0.15) is 13.8 Å². The number of carbonyl (C=O) groups is 2. The lowest BCUT2D eigenvalue weighted by atomic mass is 10.3. The summed E-state index contributed by atoms with van der Waals surface area (Å²) in [6, 6.07) is 0. The molecular formula is C12H14Cl4O5. The number of esters is 2. The Kier molecular flexibility index (Phi) is 10.9. The lowest BCUT2D eigenvalue weighted by molar-refractivity contribution is -0.168. The van der Waals surface area contributed by atoms with Crippen LogP contribution >= 0.6 is 46.4 Å². The molecule has 0 fully saturated rings. The highest BCUT2D eigenvalue weighted by Gasteiger charge is 2.23. The third-order valence-corrected chi connectivity index (χ3v) is 2.62. The molecule has 120 valence electrons. The number of carbonyl (C=O) groups excluding carboxylic acids is 2. The summed E-state index contributed by atoms with van der Waals surface area (Å²) in [5, 5.41) is 0. The van der Waals surface area contributed by atoms with Crippen LogP contribution in [0.25, 0.3) is 0 Å². The van der Waals surface area contributed by atoms with Gasteiger partial charge in [0.2, 0.25) is 0 Å². The Balaban J connectivity index is 4.15. The van der Waals surface area contributed by atoms with E-state index in [4.69, 9.17) is 60.6 Å². The first-order valence-electron chi connectivity index (χ1n) is 5.75. The van der Waals surface area contributed by atoms with Crippen LogP contribution in [0.3, 0.4) is 0 Å². The largest absolute Gasteiger partial charge is 0.459 e. The highest BCUT2D eigenvalue weighted by Crippen LogP contribution is 2.08. The highest BCUT2D eigenvalue weighted by molar-refractivity contribution is 6.56. The molecule has 0 aromatic carbocycles. The number of hydrogen-bond acceptors (Lipinski definition) is 5. The zero-order valence-electron chi connectivity index (χ0n) is 11.3. The van der Waals surface area contributed by atoms with E-state index in [1.165, 1.54) is 26.0 Å². The minimum Gasteiger partial charge on any atom is -0.459 e. The first-order valence-corrected chi connectivity index (χ1v) is 7.26. The second-order valence-corrected chi connectivity index (χ2v) is 5.68. The topological polar surface area (TPSA) is 61.8 Å². The lowest BCUT2D eigenvalue weighted by Crippen LogP contribution is -2.32. The van der Waals surface area contributed by atoms with Crippen LogP contribution in [0.2, 0.25) is 0 Å². The average molecular weight is 380 g/mol. The van der Waals surface area contributed by atoms with Crippen LogP contribution in [-0.2, 0) is 23.8 Å². The number of ether oxygens (including phenoxy) is 3. The van der Waals surface area contributed by atoms with Gasteiger partial charge in [-0.2, -0.15) is 0 Å². The fraction of sp³-hybridized carbons (Fsp3) is 0.500. The molecule has 0 radical (unpaired) electrons. The van der Waals surface area contributed by atoms with Crippen molar-refractivity contribution in [1.29, 1.82) is 0 Å². The molecule has 0 aliphatic carbocycles. The fourth-order valence-electron chi connectivity index (χ4n) is 1.03. The van der Waals surface area contributed by atoms with E-state index < -0.39 is 24.1 Å². The summed E-state index contributed by atoms with van der Waals surface area (Å²) >= 11 is 21.4. The first kappa shape index (κ1) is 20.5. The van der Waals surface area contributed by atoms with Gasteiger partial charge < -0.3 is 14.2 Å². The summed E-state index contributed by atoms with van der Waals surface area (Å²) in [7, 11) is 0. The van der Waals surface area contributed by atoms with Crippen molar-refractivity contribution in [1.82, 2.24) is 0 Å². The Hall–Kier alpha value is -0.460. The molecule has 0 bridgehead atoms. The van der Waals surface area contributed by atoms with Gasteiger partial charge in [0, 0.05) is 0 Å². The van der Waals surface area contributed by atoms with E-state index in [1.807, 2.05) is 0 Å². The van der Waals surface area contributed by atoms with Gasteiger partial charge in [-0.1, -0.05) is 46.4 Å². The van der Waals surface area contributed by atoms with E-state index in [1.54, 1.807) is 0 Å². The van der Waals surface area contributed by atoms with Gasteiger partial charge in [-0.15, -0.1) is 0 Å².